The van der Waals surface area contributed by atoms with Crippen molar-refractivity contribution in [2.24, 2.45) is 0 Å². The predicted molar refractivity (Wildman–Crippen MR) is 200 cm³/mol. The second-order valence-electron chi connectivity index (χ2n) is 12.9. The van der Waals surface area contributed by atoms with Gasteiger partial charge in [0.1, 0.15) is 35.9 Å². The van der Waals surface area contributed by atoms with E-state index in [4.69, 9.17) is 14.4 Å². The number of nitrogens with zero attached hydrogens (tertiary/aromatic N) is 3. The highest BCUT2D eigenvalue weighted by Crippen LogP contribution is 2.48. The van der Waals surface area contributed by atoms with Crippen LogP contribution in [-0.2, 0) is 32.5 Å². The van der Waals surface area contributed by atoms with Gasteiger partial charge in [-0.2, -0.15) is 8.42 Å². The van der Waals surface area contributed by atoms with E-state index in [2.05, 4.69) is 19.6 Å². The molecule has 8 rings (SSSR count). The van der Waals surface area contributed by atoms with E-state index < -0.39 is 59.5 Å². The molecule has 2 aliphatic heterocycles. The molecule has 304 valence electrons. The zero-order chi connectivity index (χ0) is 41.5. The maximum absolute atomic E-state index is 14.4. The van der Waals surface area contributed by atoms with Crippen molar-refractivity contribution in [1.82, 2.24) is 25.0 Å². The lowest BCUT2D eigenvalue weighted by Gasteiger charge is -2.41. The molecule has 0 saturated carbocycles. The molecule has 21 heteroatoms. The molecule has 2 amide bonds. The molecule has 3 aromatic heterocycles. The number of benzene rings is 3. The Labute approximate surface area is 322 Å². The number of H-pyrrole nitrogens is 1. The third kappa shape index (κ3) is 7.37. The summed E-state index contributed by atoms with van der Waals surface area (Å²) in [6, 6.07) is 10.5. The molecule has 1 saturated heterocycles. The third-order valence-corrected chi connectivity index (χ3v) is 9.95. The van der Waals surface area contributed by atoms with Crippen molar-refractivity contribution in [3.05, 3.63) is 77.1 Å². The summed E-state index contributed by atoms with van der Waals surface area (Å²) in [5.41, 5.74) is 5.33. The van der Waals surface area contributed by atoms with Crippen LogP contribution in [0, 0.1) is 0 Å². The summed E-state index contributed by atoms with van der Waals surface area (Å²) >= 11 is 0. The number of aromatic amines is 1. The summed E-state index contributed by atoms with van der Waals surface area (Å²) in [5.74, 6) is -1.60. The van der Waals surface area contributed by atoms with Crippen molar-refractivity contribution in [3.63, 3.8) is 0 Å². The predicted octanol–water partition coefficient (Wildman–Crippen LogP) is 0.435. The lowest BCUT2D eigenvalue weighted by atomic mass is 9.96. The number of aromatic nitrogens is 3. The van der Waals surface area contributed by atoms with Crippen LogP contribution in [-0.4, -0.2) is 130 Å². The van der Waals surface area contributed by atoms with E-state index in [9.17, 15) is 53.8 Å². The van der Waals surface area contributed by atoms with E-state index in [0.29, 0.717) is 38.3 Å². The van der Waals surface area contributed by atoms with Crippen LogP contribution >= 0.6 is 0 Å². The lowest BCUT2D eigenvalue weighted by Crippen LogP contribution is -2.56. The number of nitrogens with one attached hydrogen (secondary N) is 2. The first kappa shape index (κ1) is 41.3. The molecule has 0 aliphatic carbocycles. The number of ether oxygens (including phenoxy) is 1. The molecule has 11 N–H and O–H groups in total. The van der Waals surface area contributed by atoms with Gasteiger partial charge in [-0.25, -0.2) is 10.4 Å². The number of carbonyl (C=O) groups excluding carboxylic acids is 2. The number of pyridine rings is 1. The Balaban J connectivity index is 0.000000553. The van der Waals surface area contributed by atoms with Crippen LogP contribution in [0.15, 0.2) is 54.9 Å². The zero-order valence-electron chi connectivity index (χ0n) is 30.1. The van der Waals surface area contributed by atoms with Crippen molar-refractivity contribution in [2.45, 2.75) is 50.7 Å². The fraction of sp³-hybridized carbons (Fsp3) is 0.306. The number of imide groups is 1. The van der Waals surface area contributed by atoms with Gasteiger partial charge in [-0.1, -0.05) is 0 Å². The number of carbonyl (C=O) groups is 2. The SMILES string of the molecule is CCO.COS(=O)(=O)O.O=C1c2c(c3c4ccc(O)cc4n(C4O[C@@H](CO)[C@H](O)[C@@H](O)[C@@H]4O)c3c3[nH]c4cc(O)ccc4c23)C(=O)N1NCc1ccncc1CO. The average Bonchev–Trinajstić information content (AvgIpc) is 3.79. The standard InChI is InChI=1S/C33H29N5O10.C2H6O.CH4O4S/c39-11-14-9-34-6-5-13(14)10-35-38-31(46)24-22-17-3-1-15(41)7-19(17)36-26(22)27-23(25(24)32(38)47)18-4-2-16(42)8-20(18)37(27)33-30(45)29(44)28(43)21(12-40)48-33;1-2-3;1-5-6(2,3)4/h1-9,21,28-30,33,35-36,39-45H,10-12H2;3H,2H2,1H3;1H3,(H,2,3,4)/t21-,28-,29+,30-,33?;;/m0../s1. The summed E-state index contributed by atoms with van der Waals surface area (Å²) < 4.78 is 37.2. The monoisotopic (exact) mass is 813 g/mol. The van der Waals surface area contributed by atoms with Crippen LogP contribution in [0.4, 0.5) is 0 Å². The largest absolute Gasteiger partial charge is 0.508 e. The van der Waals surface area contributed by atoms with Crippen LogP contribution in [0.5, 0.6) is 11.5 Å². The molecule has 5 heterocycles. The number of aliphatic hydroxyl groups excluding tert-OH is 6. The first-order chi connectivity index (χ1) is 27.1. The highest BCUT2D eigenvalue weighted by atomic mass is 32.3. The quantitative estimate of drug-likeness (QED) is 0.0769. The molecule has 0 spiro atoms. The summed E-state index contributed by atoms with van der Waals surface area (Å²) in [6.45, 7) is 0.933. The van der Waals surface area contributed by atoms with Gasteiger partial charge >= 0.3 is 10.4 Å². The Kier molecular flexibility index (Phi) is 11.8. The topological polar surface area (TPSA) is 318 Å². The van der Waals surface area contributed by atoms with Gasteiger partial charge in [-0.3, -0.25) is 23.3 Å². The van der Waals surface area contributed by atoms with Crippen molar-refractivity contribution in [2.75, 3.05) is 20.3 Å². The van der Waals surface area contributed by atoms with Gasteiger partial charge in [0.25, 0.3) is 11.8 Å². The minimum absolute atomic E-state index is 0.00156. The fourth-order valence-corrected chi connectivity index (χ4v) is 7.05. The highest BCUT2D eigenvalue weighted by Gasteiger charge is 2.47. The molecule has 1 fully saturated rings. The van der Waals surface area contributed by atoms with Crippen LogP contribution in [0.3, 0.4) is 0 Å². The molecule has 5 atom stereocenters. The first-order valence-corrected chi connectivity index (χ1v) is 18.5. The number of hydrogen-bond donors (Lipinski definition) is 11. The number of aliphatic hydroxyl groups is 6. The number of hydrogen-bond acceptors (Lipinski definition) is 16. The molecular weight excluding hydrogens is 774 g/mol. The summed E-state index contributed by atoms with van der Waals surface area (Å²) in [5, 5.41) is 83.2. The Morgan fingerprint density at radius 1 is 0.895 bits per heavy atom. The van der Waals surface area contributed by atoms with Crippen molar-refractivity contribution in [1.29, 1.82) is 0 Å². The fourth-order valence-electron chi connectivity index (χ4n) is 7.05. The minimum atomic E-state index is -4.16. The minimum Gasteiger partial charge on any atom is -0.508 e. The van der Waals surface area contributed by atoms with Crippen LogP contribution in [0.1, 0.15) is 45.0 Å². The number of aromatic hydroxyl groups is 2. The molecule has 6 aromatic rings. The van der Waals surface area contributed by atoms with E-state index in [1.165, 1.54) is 41.2 Å². The summed E-state index contributed by atoms with van der Waals surface area (Å²) in [6.07, 6.45) is -4.84. The number of rotatable bonds is 7. The van der Waals surface area contributed by atoms with Gasteiger partial charge in [0, 0.05) is 64.8 Å². The lowest BCUT2D eigenvalue weighted by molar-refractivity contribution is -0.249. The molecule has 0 radical (unpaired) electrons. The summed E-state index contributed by atoms with van der Waals surface area (Å²) in [7, 11) is -3.29. The zero-order valence-corrected chi connectivity index (χ0v) is 31.0. The maximum Gasteiger partial charge on any atom is 0.397 e. The Hall–Kier alpha value is -5.30. The third-order valence-electron chi connectivity index (χ3n) is 9.53. The number of hydrazine groups is 1. The van der Waals surface area contributed by atoms with Crippen molar-refractivity contribution < 1.29 is 72.3 Å². The van der Waals surface area contributed by atoms with E-state index in [1.54, 1.807) is 25.1 Å². The summed E-state index contributed by atoms with van der Waals surface area (Å²) in [4.78, 5) is 35.9. The van der Waals surface area contributed by atoms with Crippen molar-refractivity contribution >= 4 is 65.8 Å². The van der Waals surface area contributed by atoms with Crippen LogP contribution in [0.25, 0.3) is 43.6 Å². The highest BCUT2D eigenvalue weighted by molar-refractivity contribution is 7.80. The van der Waals surface area contributed by atoms with Gasteiger partial charge in [-0.15, -0.1) is 0 Å². The first-order valence-electron chi connectivity index (χ1n) is 17.2. The second kappa shape index (κ2) is 16.3. The maximum atomic E-state index is 14.4. The Bertz CT molecular complexity index is 2610. The van der Waals surface area contributed by atoms with E-state index in [1.807, 2.05) is 0 Å². The average molecular weight is 814 g/mol. The van der Waals surface area contributed by atoms with Gasteiger partial charge < -0.3 is 55.1 Å². The Morgan fingerprint density at radius 2 is 1.51 bits per heavy atom. The molecular formula is C36H39N5O15S. The van der Waals surface area contributed by atoms with Crippen LogP contribution in [0.2, 0.25) is 0 Å². The van der Waals surface area contributed by atoms with E-state index >= 15 is 0 Å². The number of phenols is 2. The molecule has 57 heavy (non-hydrogen) atoms. The van der Waals surface area contributed by atoms with E-state index in [0.717, 1.165) is 12.1 Å². The molecule has 0 bridgehead atoms. The molecule has 1 unspecified atom stereocenters. The van der Waals surface area contributed by atoms with Crippen LogP contribution < -0.4 is 5.43 Å². The molecule has 2 aliphatic rings. The van der Waals surface area contributed by atoms with Gasteiger partial charge in [0.2, 0.25) is 0 Å². The number of phenolic OH excluding ortho intramolecular Hbond substituents is 2. The molecule has 20 nitrogen and oxygen atoms in total. The number of amides is 2. The second-order valence-corrected chi connectivity index (χ2v) is 14.1. The Morgan fingerprint density at radius 3 is 2.12 bits per heavy atom. The number of fused-ring (bicyclic) bond motifs is 10. The van der Waals surface area contributed by atoms with Crippen molar-refractivity contribution in [3.8, 4) is 11.5 Å². The molecule has 3 aromatic carbocycles. The normalized spacial score (nSPS) is 20.9. The smallest absolute Gasteiger partial charge is 0.397 e. The van der Waals surface area contributed by atoms with E-state index in [-0.39, 0.29) is 58.8 Å². The van der Waals surface area contributed by atoms with Gasteiger partial charge in [0.05, 0.1) is 53.5 Å². The van der Waals surface area contributed by atoms with Gasteiger partial charge in [0.15, 0.2) is 6.23 Å². The van der Waals surface area contributed by atoms with Gasteiger partial charge in [-0.05, 0) is 42.8 Å².